The Kier molecular flexibility index (Phi) is 7.42. The molecule has 3 aromatic rings. The van der Waals surface area contributed by atoms with Gasteiger partial charge in [0, 0.05) is 16.5 Å². The van der Waals surface area contributed by atoms with Crippen LogP contribution in [0.25, 0.3) is 11.0 Å². The largest absolute Gasteiger partial charge is 0.425 e. The van der Waals surface area contributed by atoms with Crippen LogP contribution in [0.15, 0.2) is 50.5 Å². The number of esters is 1. The first kappa shape index (κ1) is 25.1. The Labute approximate surface area is 205 Å². The molecule has 186 valence electrons. The Morgan fingerprint density at radius 2 is 1.74 bits per heavy atom. The topological polar surface area (TPSA) is 103 Å². The first-order valence-corrected chi connectivity index (χ1v) is 13.6. The number of aryl methyl sites for hydroxylation is 3. The van der Waals surface area contributed by atoms with E-state index in [1.54, 1.807) is 25.1 Å². The molecule has 0 amide bonds. The number of carbonyl (C=O) groups is 1. The zero-order valence-corrected chi connectivity index (χ0v) is 21.2. The molecular formula is C27H31NO6S. The third-order valence-electron chi connectivity index (χ3n) is 6.56. The summed E-state index contributed by atoms with van der Waals surface area (Å²) in [6.07, 6.45) is 5.25. The molecule has 0 unspecified atom stereocenters. The van der Waals surface area contributed by atoms with Crippen LogP contribution in [0, 0.1) is 13.8 Å². The van der Waals surface area contributed by atoms with Crippen molar-refractivity contribution in [2.45, 2.75) is 76.7 Å². The molecule has 1 atom stereocenters. The van der Waals surface area contributed by atoms with Gasteiger partial charge in [-0.05, 0) is 75.8 Å². The molecule has 1 N–H and O–H groups in total. The smallest absolute Gasteiger partial charge is 0.339 e. The Bertz CT molecular complexity index is 1410. The minimum absolute atomic E-state index is 0.0887. The second-order valence-corrected chi connectivity index (χ2v) is 10.9. The minimum atomic E-state index is -3.92. The van der Waals surface area contributed by atoms with E-state index >= 15 is 0 Å². The lowest BCUT2D eigenvalue weighted by Gasteiger charge is -2.20. The summed E-state index contributed by atoms with van der Waals surface area (Å²) in [4.78, 5) is 25.8. The highest BCUT2D eigenvalue weighted by atomic mass is 32.2. The lowest BCUT2D eigenvalue weighted by atomic mass is 9.90. The molecule has 0 spiro atoms. The van der Waals surface area contributed by atoms with Gasteiger partial charge in [-0.3, -0.25) is 0 Å². The van der Waals surface area contributed by atoms with Crippen LogP contribution in [0.5, 0.6) is 5.75 Å². The number of hydrogen-bond acceptors (Lipinski definition) is 6. The van der Waals surface area contributed by atoms with Crippen molar-refractivity contribution in [3.8, 4) is 5.75 Å². The summed E-state index contributed by atoms with van der Waals surface area (Å²) in [7, 11) is -3.92. The Morgan fingerprint density at radius 1 is 1.06 bits per heavy atom. The normalized spacial score (nSPS) is 14.5. The van der Waals surface area contributed by atoms with Gasteiger partial charge < -0.3 is 9.15 Å². The van der Waals surface area contributed by atoms with E-state index in [1.807, 2.05) is 19.9 Å². The summed E-state index contributed by atoms with van der Waals surface area (Å²) < 4.78 is 39.7. The van der Waals surface area contributed by atoms with Crippen LogP contribution in [-0.4, -0.2) is 20.4 Å². The number of carbonyl (C=O) groups excluding carboxylic acids is 1. The van der Waals surface area contributed by atoms with Crippen molar-refractivity contribution in [2.75, 3.05) is 0 Å². The number of ether oxygens (including phenoxy) is 1. The molecule has 8 heteroatoms. The molecule has 0 saturated heterocycles. The van der Waals surface area contributed by atoms with E-state index in [2.05, 4.69) is 4.72 Å². The molecule has 1 heterocycles. The highest BCUT2D eigenvalue weighted by Gasteiger charge is 2.28. The van der Waals surface area contributed by atoms with Crippen molar-refractivity contribution in [2.24, 2.45) is 0 Å². The number of hydrogen-bond donors (Lipinski definition) is 1. The molecule has 0 saturated carbocycles. The SMILES string of the molecule is CCCC[C@@H](NS(=O)(=O)c1ccc(C)cc1)C(=O)Oc1ccc2c3c(c(=O)oc2c1C)CCCC3. The lowest BCUT2D eigenvalue weighted by molar-refractivity contribution is -0.136. The third-order valence-corrected chi connectivity index (χ3v) is 8.05. The maximum atomic E-state index is 13.1. The van der Waals surface area contributed by atoms with Crippen molar-refractivity contribution < 1.29 is 22.4 Å². The summed E-state index contributed by atoms with van der Waals surface area (Å²) >= 11 is 0. The van der Waals surface area contributed by atoms with E-state index in [9.17, 15) is 18.0 Å². The maximum absolute atomic E-state index is 13.1. The van der Waals surface area contributed by atoms with Gasteiger partial charge in [0.1, 0.15) is 17.4 Å². The van der Waals surface area contributed by atoms with Gasteiger partial charge in [-0.1, -0.05) is 37.5 Å². The predicted octanol–water partition coefficient (Wildman–Crippen LogP) is 4.73. The van der Waals surface area contributed by atoms with Gasteiger partial charge in [0.05, 0.1) is 4.90 Å². The van der Waals surface area contributed by atoms with Crippen molar-refractivity contribution in [1.29, 1.82) is 0 Å². The Hall–Kier alpha value is -2.97. The highest BCUT2D eigenvalue weighted by Crippen LogP contribution is 2.32. The summed E-state index contributed by atoms with van der Waals surface area (Å²) in [5, 5.41) is 0.860. The maximum Gasteiger partial charge on any atom is 0.339 e. The van der Waals surface area contributed by atoms with Gasteiger partial charge in [0.2, 0.25) is 10.0 Å². The van der Waals surface area contributed by atoms with Crippen LogP contribution >= 0.6 is 0 Å². The first-order chi connectivity index (χ1) is 16.7. The summed E-state index contributed by atoms with van der Waals surface area (Å²) in [6, 6.07) is 8.89. The van der Waals surface area contributed by atoms with Crippen LogP contribution in [0.2, 0.25) is 0 Å². The molecule has 1 aliphatic rings. The average Bonchev–Trinajstić information content (AvgIpc) is 2.84. The molecule has 0 fully saturated rings. The summed E-state index contributed by atoms with van der Waals surface area (Å²) in [6.45, 7) is 5.57. The number of unbranched alkanes of at least 4 members (excludes halogenated alkanes) is 1. The Balaban J connectivity index is 1.62. The van der Waals surface area contributed by atoms with E-state index in [1.165, 1.54) is 12.1 Å². The van der Waals surface area contributed by atoms with E-state index < -0.39 is 22.0 Å². The van der Waals surface area contributed by atoms with E-state index in [0.717, 1.165) is 47.8 Å². The van der Waals surface area contributed by atoms with Crippen molar-refractivity contribution in [3.63, 3.8) is 0 Å². The number of benzene rings is 2. The first-order valence-electron chi connectivity index (χ1n) is 12.1. The molecule has 0 radical (unpaired) electrons. The fraction of sp³-hybridized carbons (Fsp3) is 0.407. The highest BCUT2D eigenvalue weighted by molar-refractivity contribution is 7.89. The standard InChI is InChI=1S/C27H31NO6S/c1-4-5-10-23(28-35(31,32)19-13-11-17(2)12-14-19)27(30)33-24-16-15-21-20-8-6-7-9-22(20)26(29)34-25(21)18(24)3/h11-16,23,28H,4-10H2,1-3H3/t23-/m1/s1. The quantitative estimate of drug-likeness (QED) is 0.274. The average molecular weight is 498 g/mol. The molecule has 1 aromatic heterocycles. The Morgan fingerprint density at radius 3 is 2.43 bits per heavy atom. The monoisotopic (exact) mass is 497 g/mol. The molecule has 35 heavy (non-hydrogen) atoms. The zero-order chi connectivity index (χ0) is 25.2. The van der Waals surface area contributed by atoms with Gasteiger partial charge in [-0.15, -0.1) is 0 Å². The minimum Gasteiger partial charge on any atom is -0.425 e. The number of rotatable bonds is 8. The van der Waals surface area contributed by atoms with Crippen LogP contribution in [0.1, 0.15) is 61.3 Å². The molecule has 7 nitrogen and oxygen atoms in total. The van der Waals surface area contributed by atoms with E-state index in [4.69, 9.17) is 9.15 Å². The number of sulfonamides is 1. The lowest BCUT2D eigenvalue weighted by Crippen LogP contribution is -2.43. The van der Waals surface area contributed by atoms with Gasteiger partial charge in [0.25, 0.3) is 0 Å². The summed E-state index contributed by atoms with van der Waals surface area (Å²) in [5.74, 6) is -0.450. The van der Waals surface area contributed by atoms with Crippen LogP contribution < -0.4 is 15.1 Å². The fourth-order valence-electron chi connectivity index (χ4n) is 4.52. The molecule has 0 bridgehead atoms. The van der Waals surface area contributed by atoms with Gasteiger partial charge in [-0.25, -0.2) is 18.0 Å². The molecule has 4 rings (SSSR count). The van der Waals surface area contributed by atoms with Crippen LogP contribution in [-0.2, 0) is 27.7 Å². The van der Waals surface area contributed by atoms with Gasteiger partial charge >= 0.3 is 11.6 Å². The van der Waals surface area contributed by atoms with Crippen LogP contribution in [0.3, 0.4) is 0 Å². The molecular weight excluding hydrogens is 466 g/mol. The third kappa shape index (κ3) is 5.33. The second-order valence-electron chi connectivity index (χ2n) is 9.17. The summed E-state index contributed by atoms with van der Waals surface area (Å²) in [5.41, 5.74) is 3.28. The molecule has 2 aromatic carbocycles. The predicted molar refractivity (Wildman–Crippen MR) is 134 cm³/mol. The molecule has 0 aliphatic heterocycles. The van der Waals surface area contributed by atoms with Crippen molar-refractivity contribution >= 4 is 27.0 Å². The molecule has 1 aliphatic carbocycles. The van der Waals surface area contributed by atoms with E-state index in [0.29, 0.717) is 30.4 Å². The van der Waals surface area contributed by atoms with Gasteiger partial charge in [0.15, 0.2) is 0 Å². The van der Waals surface area contributed by atoms with Crippen LogP contribution in [0.4, 0.5) is 0 Å². The number of nitrogens with one attached hydrogen (secondary N) is 1. The zero-order valence-electron chi connectivity index (χ0n) is 20.3. The van der Waals surface area contributed by atoms with Crippen molar-refractivity contribution in [1.82, 2.24) is 4.72 Å². The fourth-order valence-corrected chi connectivity index (χ4v) is 5.74. The number of fused-ring (bicyclic) bond motifs is 3. The van der Waals surface area contributed by atoms with Gasteiger partial charge in [-0.2, -0.15) is 4.72 Å². The second kappa shape index (κ2) is 10.3. The van der Waals surface area contributed by atoms with Crippen molar-refractivity contribution in [3.05, 3.63) is 69.1 Å². The van der Waals surface area contributed by atoms with E-state index in [-0.39, 0.29) is 16.3 Å².